The molecular formula is C19H18ClFN4O2S. The number of anilines is 1. The number of ether oxygens (including phenoxy) is 1. The van der Waals surface area contributed by atoms with Gasteiger partial charge in [0.2, 0.25) is 5.91 Å². The zero-order valence-electron chi connectivity index (χ0n) is 15.2. The lowest BCUT2D eigenvalue weighted by Gasteiger charge is -2.15. The van der Waals surface area contributed by atoms with Gasteiger partial charge in [-0.3, -0.25) is 4.79 Å². The molecule has 1 aromatic heterocycles. The third-order valence-corrected chi connectivity index (χ3v) is 5.17. The minimum Gasteiger partial charge on any atom is -0.481 e. The molecular weight excluding hydrogens is 403 g/mol. The molecule has 146 valence electrons. The average molecular weight is 421 g/mol. The highest BCUT2D eigenvalue weighted by molar-refractivity contribution is 7.99. The van der Waals surface area contributed by atoms with E-state index in [9.17, 15) is 9.18 Å². The number of para-hydroxylation sites is 1. The number of amides is 1. The van der Waals surface area contributed by atoms with Gasteiger partial charge in [0.25, 0.3) is 0 Å². The molecule has 1 amide bonds. The lowest BCUT2D eigenvalue weighted by molar-refractivity contribution is -0.113. The highest BCUT2D eigenvalue weighted by Gasteiger charge is 2.19. The number of nitrogens with one attached hydrogen (secondary N) is 1. The lowest BCUT2D eigenvalue weighted by Crippen LogP contribution is -2.15. The molecule has 0 spiro atoms. The number of hydrogen-bond acceptors (Lipinski definition) is 5. The van der Waals surface area contributed by atoms with E-state index < -0.39 is 0 Å². The van der Waals surface area contributed by atoms with Crippen LogP contribution in [0.4, 0.5) is 10.1 Å². The summed E-state index contributed by atoms with van der Waals surface area (Å²) in [6, 6.07) is 12.8. The van der Waals surface area contributed by atoms with Crippen molar-refractivity contribution < 1.29 is 13.9 Å². The van der Waals surface area contributed by atoms with E-state index >= 15 is 0 Å². The van der Waals surface area contributed by atoms with Crippen LogP contribution in [-0.2, 0) is 11.8 Å². The van der Waals surface area contributed by atoms with Crippen molar-refractivity contribution in [2.45, 2.75) is 18.2 Å². The maximum absolute atomic E-state index is 12.9. The molecule has 28 heavy (non-hydrogen) atoms. The molecule has 0 aliphatic heterocycles. The van der Waals surface area contributed by atoms with Crippen LogP contribution in [-0.4, -0.2) is 26.4 Å². The number of halogens is 2. The third-order valence-electron chi connectivity index (χ3n) is 3.83. The normalized spacial score (nSPS) is 11.9. The van der Waals surface area contributed by atoms with E-state index in [4.69, 9.17) is 16.3 Å². The van der Waals surface area contributed by atoms with Crippen molar-refractivity contribution >= 4 is 35.0 Å². The van der Waals surface area contributed by atoms with Gasteiger partial charge in [0, 0.05) is 12.7 Å². The van der Waals surface area contributed by atoms with Gasteiger partial charge in [-0.1, -0.05) is 35.5 Å². The Hall–Kier alpha value is -2.58. The van der Waals surface area contributed by atoms with Crippen molar-refractivity contribution in [3.63, 3.8) is 0 Å². The molecule has 0 saturated carbocycles. The summed E-state index contributed by atoms with van der Waals surface area (Å²) in [4.78, 5) is 12.1. The van der Waals surface area contributed by atoms with Gasteiger partial charge < -0.3 is 14.6 Å². The molecule has 0 saturated heterocycles. The van der Waals surface area contributed by atoms with E-state index in [-0.39, 0.29) is 23.6 Å². The predicted octanol–water partition coefficient (Wildman–Crippen LogP) is 4.48. The van der Waals surface area contributed by atoms with Gasteiger partial charge in [0.15, 0.2) is 17.1 Å². The van der Waals surface area contributed by atoms with Gasteiger partial charge in [-0.25, -0.2) is 4.39 Å². The first-order valence-corrected chi connectivity index (χ1v) is 9.79. The summed E-state index contributed by atoms with van der Waals surface area (Å²) in [5.74, 6) is 0.742. The van der Waals surface area contributed by atoms with Crippen molar-refractivity contribution in [2.24, 2.45) is 7.05 Å². The van der Waals surface area contributed by atoms with Crippen LogP contribution in [0.5, 0.6) is 5.75 Å². The van der Waals surface area contributed by atoms with Crippen LogP contribution in [0.15, 0.2) is 53.7 Å². The van der Waals surface area contributed by atoms with Gasteiger partial charge in [0.1, 0.15) is 11.6 Å². The SMILES string of the molecule is CC(Oc1ccccc1Cl)c1nnc(SCC(=O)Nc2ccc(F)cc2)n1C. The number of carbonyl (C=O) groups is 1. The Morgan fingerprint density at radius 2 is 1.96 bits per heavy atom. The second-order valence-electron chi connectivity index (χ2n) is 5.93. The maximum atomic E-state index is 12.9. The van der Waals surface area contributed by atoms with Gasteiger partial charge in [-0.2, -0.15) is 0 Å². The highest BCUT2D eigenvalue weighted by Crippen LogP contribution is 2.29. The number of nitrogens with zero attached hydrogens (tertiary/aromatic N) is 3. The largest absolute Gasteiger partial charge is 0.481 e. The summed E-state index contributed by atoms with van der Waals surface area (Å²) in [6.07, 6.45) is -0.375. The molecule has 2 aromatic carbocycles. The fourth-order valence-corrected chi connectivity index (χ4v) is 3.35. The summed E-state index contributed by atoms with van der Waals surface area (Å²) < 4.78 is 20.6. The quantitative estimate of drug-likeness (QED) is 0.571. The van der Waals surface area contributed by atoms with Gasteiger partial charge in [-0.05, 0) is 43.3 Å². The molecule has 1 atom stereocenters. The summed E-state index contributed by atoms with van der Waals surface area (Å²) in [7, 11) is 1.81. The van der Waals surface area contributed by atoms with Crippen LogP contribution in [0, 0.1) is 5.82 Å². The lowest BCUT2D eigenvalue weighted by atomic mass is 10.3. The maximum Gasteiger partial charge on any atom is 0.234 e. The van der Waals surface area contributed by atoms with Crippen LogP contribution < -0.4 is 10.1 Å². The summed E-state index contributed by atoms with van der Waals surface area (Å²) in [5.41, 5.74) is 0.535. The molecule has 0 aliphatic rings. The van der Waals surface area contributed by atoms with E-state index in [1.807, 2.05) is 26.1 Å². The first kappa shape index (κ1) is 20.2. The molecule has 1 heterocycles. The molecule has 0 aliphatic carbocycles. The fourth-order valence-electron chi connectivity index (χ4n) is 2.45. The highest BCUT2D eigenvalue weighted by atomic mass is 35.5. The molecule has 3 aromatic rings. The second-order valence-corrected chi connectivity index (χ2v) is 7.28. The Bertz CT molecular complexity index is 965. The Labute approximate surface area is 171 Å². The summed E-state index contributed by atoms with van der Waals surface area (Å²) in [6.45, 7) is 1.85. The van der Waals surface area contributed by atoms with Crippen molar-refractivity contribution in [1.82, 2.24) is 14.8 Å². The molecule has 0 fully saturated rings. The minimum atomic E-state index is -0.375. The number of carbonyl (C=O) groups excluding carboxylic acids is 1. The first-order valence-electron chi connectivity index (χ1n) is 8.42. The van der Waals surface area contributed by atoms with Crippen LogP contribution in [0.25, 0.3) is 0 Å². The summed E-state index contributed by atoms with van der Waals surface area (Å²) in [5, 5.41) is 12.1. The molecule has 3 rings (SSSR count). The first-order chi connectivity index (χ1) is 13.4. The number of aromatic nitrogens is 3. The Kier molecular flexibility index (Phi) is 6.53. The van der Waals surface area contributed by atoms with E-state index in [0.717, 1.165) is 0 Å². The topological polar surface area (TPSA) is 69.0 Å². The number of rotatable bonds is 7. The van der Waals surface area contributed by atoms with Gasteiger partial charge in [0.05, 0.1) is 10.8 Å². The molecule has 0 radical (unpaired) electrons. The van der Waals surface area contributed by atoms with Crippen LogP contribution in [0.3, 0.4) is 0 Å². The van der Waals surface area contributed by atoms with Crippen molar-refractivity contribution in [3.8, 4) is 5.75 Å². The second kappa shape index (κ2) is 9.07. The minimum absolute atomic E-state index is 0.142. The molecule has 1 N–H and O–H groups in total. The van der Waals surface area contributed by atoms with E-state index in [0.29, 0.717) is 27.4 Å². The zero-order chi connectivity index (χ0) is 20.1. The fraction of sp³-hybridized carbons (Fsp3) is 0.211. The molecule has 9 heteroatoms. The third kappa shape index (κ3) is 5.02. The molecule has 1 unspecified atom stereocenters. The Morgan fingerprint density at radius 3 is 2.68 bits per heavy atom. The van der Waals surface area contributed by atoms with Crippen LogP contribution in [0.1, 0.15) is 18.9 Å². The van der Waals surface area contributed by atoms with E-state index in [2.05, 4.69) is 15.5 Å². The van der Waals surface area contributed by atoms with Gasteiger partial charge >= 0.3 is 0 Å². The van der Waals surface area contributed by atoms with E-state index in [1.165, 1.54) is 36.0 Å². The summed E-state index contributed by atoms with van der Waals surface area (Å²) >= 11 is 7.37. The zero-order valence-corrected chi connectivity index (χ0v) is 16.8. The Morgan fingerprint density at radius 1 is 1.25 bits per heavy atom. The standard InChI is InChI=1S/C19H18ClFN4O2S/c1-12(27-16-6-4-3-5-15(16)20)18-23-24-19(25(18)2)28-11-17(26)22-14-9-7-13(21)8-10-14/h3-10,12H,11H2,1-2H3,(H,22,26). The monoisotopic (exact) mass is 420 g/mol. The van der Waals surface area contributed by atoms with E-state index in [1.54, 1.807) is 16.7 Å². The molecule has 0 bridgehead atoms. The predicted molar refractivity (Wildman–Crippen MR) is 107 cm³/mol. The van der Waals surface area contributed by atoms with Crippen molar-refractivity contribution in [2.75, 3.05) is 11.1 Å². The number of hydrogen-bond donors (Lipinski definition) is 1. The smallest absolute Gasteiger partial charge is 0.234 e. The van der Waals surface area contributed by atoms with Crippen molar-refractivity contribution in [3.05, 3.63) is 65.2 Å². The number of benzene rings is 2. The number of thioether (sulfide) groups is 1. The molecule has 6 nitrogen and oxygen atoms in total. The average Bonchev–Trinajstić information content (AvgIpc) is 3.04. The van der Waals surface area contributed by atoms with Crippen molar-refractivity contribution in [1.29, 1.82) is 0 Å². The Balaban J connectivity index is 1.58. The van der Waals surface area contributed by atoms with Crippen LogP contribution in [0.2, 0.25) is 5.02 Å². The van der Waals surface area contributed by atoms with Crippen LogP contribution >= 0.6 is 23.4 Å². The van der Waals surface area contributed by atoms with Gasteiger partial charge in [-0.15, -0.1) is 10.2 Å².